The van der Waals surface area contributed by atoms with Gasteiger partial charge in [-0.2, -0.15) is 0 Å². The standard InChI is InChI=1S/C79H154O17P2/c1-8-11-12-13-14-29-39-46-53-60-76(81)89-66-74(96-79(84)63-56-49-42-35-27-25-30-36-43-50-57-70(4)5)68-93-97(85,86)91-64-73(80)65-92-98(87,88)94-69-75(67-90-77(82)61-54-47-40-33-28-26-32-38-45-52-59-72(7)10-3)95-78(83)62-55-48-41-34-24-22-20-18-16-15-17-19-21-23-31-37-44-51-58-71(6)9-2/h70-75,80H,8-69H2,1-7H3,(H,85,86)(H,87,88)/t71?,72?,73-,74+,75+/m0/s1. The molecule has 0 aliphatic heterocycles. The zero-order valence-corrected chi connectivity index (χ0v) is 66.0. The topological polar surface area (TPSA) is 237 Å². The molecule has 0 aliphatic carbocycles. The third-order valence-electron chi connectivity index (χ3n) is 19.1. The minimum atomic E-state index is -4.96. The Labute approximate surface area is 600 Å². The molecule has 4 unspecified atom stereocenters. The first-order valence-corrected chi connectivity index (χ1v) is 43.9. The van der Waals surface area contributed by atoms with E-state index >= 15 is 0 Å². The molecule has 0 rings (SSSR count). The molecule has 582 valence electrons. The summed E-state index contributed by atoms with van der Waals surface area (Å²) in [7, 11) is -9.91. The molecule has 0 fully saturated rings. The number of esters is 4. The molecule has 0 aliphatic rings. The van der Waals surface area contributed by atoms with Crippen LogP contribution in [-0.2, 0) is 65.4 Å². The molecule has 17 nitrogen and oxygen atoms in total. The fourth-order valence-electron chi connectivity index (χ4n) is 12.1. The summed E-state index contributed by atoms with van der Waals surface area (Å²) in [4.78, 5) is 72.9. The first kappa shape index (κ1) is 96.1. The van der Waals surface area contributed by atoms with Gasteiger partial charge >= 0.3 is 39.5 Å². The van der Waals surface area contributed by atoms with Crippen LogP contribution in [-0.4, -0.2) is 96.7 Å². The monoisotopic (exact) mass is 1440 g/mol. The molecule has 0 saturated carbocycles. The van der Waals surface area contributed by atoms with Crippen molar-refractivity contribution in [1.82, 2.24) is 0 Å². The van der Waals surface area contributed by atoms with Gasteiger partial charge in [-0.15, -0.1) is 0 Å². The average molecular weight is 1440 g/mol. The van der Waals surface area contributed by atoms with Crippen LogP contribution >= 0.6 is 15.6 Å². The highest BCUT2D eigenvalue weighted by atomic mass is 31.2. The highest BCUT2D eigenvalue weighted by Crippen LogP contribution is 2.45. The Morgan fingerprint density at radius 1 is 0.296 bits per heavy atom. The van der Waals surface area contributed by atoms with E-state index in [1.54, 1.807) is 0 Å². The molecule has 0 bridgehead atoms. The lowest BCUT2D eigenvalue weighted by Gasteiger charge is -2.21. The lowest BCUT2D eigenvalue weighted by atomic mass is 9.99. The number of unbranched alkanes of at least 4 members (excludes halogenated alkanes) is 43. The van der Waals surface area contributed by atoms with Gasteiger partial charge in [0.25, 0.3) is 0 Å². The van der Waals surface area contributed by atoms with E-state index in [-0.39, 0.29) is 25.7 Å². The van der Waals surface area contributed by atoms with E-state index in [1.165, 1.54) is 218 Å². The largest absolute Gasteiger partial charge is 0.472 e. The molecule has 0 amide bonds. The number of phosphoric acid groups is 2. The quantitative estimate of drug-likeness (QED) is 0.0222. The number of carbonyl (C=O) groups excluding carboxylic acids is 4. The SMILES string of the molecule is CCCCCCCCCCCC(=O)OC[C@H](COP(=O)(O)OC[C@H](O)COP(=O)(O)OC[C@@H](COC(=O)CCCCCCCCCCCCC(C)CC)OC(=O)CCCCCCCCCCCCCCCCCCCCC(C)CC)OC(=O)CCCCCCCCCCCCC(C)C. The Hall–Kier alpha value is -1.94. The van der Waals surface area contributed by atoms with Gasteiger partial charge in [0.05, 0.1) is 26.4 Å². The third kappa shape index (κ3) is 69.8. The molecule has 7 atom stereocenters. The van der Waals surface area contributed by atoms with Crippen LogP contribution in [0.15, 0.2) is 0 Å². The maximum absolute atomic E-state index is 13.1. The molecular weight excluding hydrogens is 1280 g/mol. The van der Waals surface area contributed by atoms with Gasteiger partial charge in [-0.1, -0.05) is 357 Å². The number of aliphatic hydroxyl groups excluding tert-OH is 1. The summed E-state index contributed by atoms with van der Waals surface area (Å²) in [5.41, 5.74) is 0. The van der Waals surface area contributed by atoms with Gasteiger partial charge in [-0.25, -0.2) is 9.13 Å². The summed E-state index contributed by atoms with van der Waals surface area (Å²) >= 11 is 0. The van der Waals surface area contributed by atoms with Crippen molar-refractivity contribution in [2.24, 2.45) is 17.8 Å². The van der Waals surface area contributed by atoms with Crippen molar-refractivity contribution < 1.29 is 80.2 Å². The Bertz CT molecular complexity index is 1910. The summed E-state index contributed by atoms with van der Waals surface area (Å²) in [5, 5.41) is 10.6. The fraction of sp³-hybridized carbons (Fsp3) is 0.949. The summed E-state index contributed by atoms with van der Waals surface area (Å²) in [6, 6.07) is 0. The van der Waals surface area contributed by atoms with Gasteiger partial charge in [0.15, 0.2) is 12.2 Å². The number of aliphatic hydroxyl groups is 1. The van der Waals surface area contributed by atoms with Crippen molar-refractivity contribution in [2.45, 2.75) is 426 Å². The van der Waals surface area contributed by atoms with Crippen LogP contribution in [0.2, 0.25) is 0 Å². The minimum Gasteiger partial charge on any atom is -0.462 e. The number of phosphoric ester groups is 2. The minimum absolute atomic E-state index is 0.106. The van der Waals surface area contributed by atoms with Crippen molar-refractivity contribution >= 4 is 39.5 Å². The summed E-state index contributed by atoms with van der Waals surface area (Å²) in [6.07, 6.45) is 56.8. The number of carbonyl (C=O) groups is 4. The number of ether oxygens (including phenoxy) is 4. The van der Waals surface area contributed by atoms with Gasteiger partial charge in [0.2, 0.25) is 0 Å². The van der Waals surface area contributed by atoms with Crippen LogP contribution in [0, 0.1) is 17.8 Å². The predicted molar refractivity (Wildman–Crippen MR) is 400 cm³/mol. The molecule has 0 heterocycles. The second-order valence-corrected chi connectivity index (χ2v) is 32.3. The van der Waals surface area contributed by atoms with E-state index in [4.69, 9.17) is 37.0 Å². The van der Waals surface area contributed by atoms with Crippen molar-refractivity contribution in [3.63, 3.8) is 0 Å². The summed E-state index contributed by atoms with van der Waals surface area (Å²) < 4.78 is 68.6. The number of hydrogen-bond acceptors (Lipinski definition) is 15. The highest BCUT2D eigenvalue weighted by Gasteiger charge is 2.30. The van der Waals surface area contributed by atoms with Crippen LogP contribution in [0.5, 0.6) is 0 Å². The van der Waals surface area contributed by atoms with E-state index < -0.39 is 97.5 Å². The van der Waals surface area contributed by atoms with Crippen molar-refractivity contribution in [3.05, 3.63) is 0 Å². The van der Waals surface area contributed by atoms with Crippen molar-refractivity contribution in [1.29, 1.82) is 0 Å². The first-order valence-electron chi connectivity index (χ1n) is 40.9. The molecule has 19 heteroatoms. The molecule has 98 heavy (non-hydrogen) atoms. The molecule has 0 aromatic heterocycles. The van der Waals surface area contributed by atoms with E-state index in [1.807, 2.05) is 0 Å². The summed E-state index contributed by atoms with van der Waals surface area (Å²) in [5.74, 6) is 0.317. The maximum Gasteiger partial charge on any atom is 0.472 e. The molecular formula is C79H154O17P2. The zero-order valence-electron chi connectivity index (χ0n) is 64.3. The van der Waals surface area contributed by atoms with Crippen molar-refractivity contribution in [2.75, 3.05) is 39.6 Å². The molecule has 0 aromatic carbocycles. The second-order valence-electron chi connectivity index (χ2n) is 29.4. The smallest absolute Gasteiger partial charge is 0.462 e. The Morgan fingerprint density at radius 3 is 0.776 bits per heavy atom. The van der Waals surface area contributed by atoms with Gasteiger partial charge in [0.1, 0.15) is 19.3 Å². The van der Waals surface area contributed by atoms with Gasteiger partial charge in [-0.3, -0.25) is 37.3 Å². The third-order valence-corrected chi connectivity index (χ3v) is 21.0. The van der Waals surface area contributed by atoms with Crippen LogP contribution in [0.1, 0.15) is 408 Å². The predicted octanol–water partition coefficient (Wildman–Crippen LogP) is 23.4. The Morgan fingerprint density at radius 2 is 0.520 bits per heavy atom. The molecule has 0 saturated heterocycles. The Balaban J connectivity index is 5.20. The van der Waals surface area contributed by atoms with Gasteiger partial charge in [-0.05, 0) is 43.4 Å². The average Bonchev–Trinajstić information content (AvgIpc) is 2.35. The van der Waals surface area contributed by atoms with Crippen LogP contribution in [0.25, 0.3) is 0 Å². The molecule has 0 radical (unpaired) electrons. The number of rotatable bonds is 77. The summed E-state index contributed by atoms with van der Waals surface area (Å²) in [6.45, 7) is 12.0. The highest BCUT2D eigenvalue weighted by molar-refractivity contribution is 7.47. The number of hydrogen-bond donors (Lipinski definition) is 3. The van der Waals surface area contributed by atoms with Gasteiger partial charge < -0.3 is 33.8 Å². The first-order chi connectivity index (χ1) is 47.3. The normalized spacial score (nSPS) is 14.6. The van der Waals surface area contributed by atoms with E-state index in [0.29, 0.717) is 25.7 Å². The van der Waals surface area contributed by atoms with Crippen molar-refractivity contribution in [3.8, 4) is 0 Å². The Kier molecular flexibility index (Phi) is 68.1. The van der Waals surface area contributed by atoms with Crippen LogP contribution in [0.4, 0.5) is 0 Å². The van der Waals surface area contributed by atoms with E-state index in [2.05, 4.69) is 48.5 Å². The maximum atomic E-state index is 13.1. The van der Waals surface area contributed by atoms with E-state index in [9.17, 15) is 43.2 Å². The van der Waals surface area contributed by atoms with Crippen LogP contribution in [0.3, 0.4) is 0 Å². The molecule has 3 N–H and O–H groups in total. The molecule has 0 spiro atoms. The fourth-order valence-corrected chi connectivity index (χ4v) is 13.6. The second kappa shape index (κ2) is 69.4. The lowest BCUT2D eigenvalue weighted by Crippen LogP contribution is -2.30. The van der Waals surface area contributed by atoms with E-state index in [0.717, 1.165) is 108 Å². The lowest BCUT2D eigenvalue weighted by molar-refractivity contribution is -0.161. The zero-order chi connectivity index (χ0) is 72.3. The van der Waals surface area contributed by atoms with Crippen LogP contribution < -0.4 is 0 Å². The molecule has 0 aromatic rings. The van der Waals surface area contributed by atoms with Gasteiger partial charge in [0, 0.05) is 25.7 Å².